The molecule has 2 heterocycles. The van der Waals surface area contributed by atoms with Gasteiger partial charge >= 0.3 is 0 Å². The van der Waals surface area contributed by atoms with Crippen molar-refractivity contribution in [2.24, 2.45) is 5.92 Å². The Bertz CT molecular complexity index is 742. The molecule has 1 saturated heterocycles. The van der Waals surface area contributed by atoms with E-state index in [9.17, 15) is 5.11 Å². The molecule has 0 bridgehead atoms. The molecule has 0 amide bonds. The molecule has 4 heteroatoms. The van der Waals surface area contributed by atoms with Gasteiger partial charge in [0.2, 0.25) is 0 Å². The van der Waals surface area contributed by atoms with Crippen molar-refractivity contribution in [3.63, 3.8) is 0 Å². The molecule has 24 heavy (non-hydrogen) atoms. The first-order chi connectivity index (χ1) is 11.5. The first-order valence-electron chi connectivity index (χ1n) is 8.77. The molecule has 4 nitrogen and oxygen atoms in total. The van der Waals surface area contributed by atoms with E-state index in [2.05, 4.69) is 36.0 Å². The molecule has 1 aliphatic rings. The van der Waals surface area contributed by atoms with Gasteiger partial charge in [0.25, 0.3) is 0 Å². The van der Waals surface area contributed by atoms with Gasteiger partial charge in [0.05, 0.1) is 11.4 Å². The van der Waals surface area contributed by atoms with E-state index in [-0.39, 0.29) is 5.75 Å². The third-order valence-corrected chi connectivity index (χ3v) is 5.23. The fourth-order valence-corrected chi connectivity index (χ4v) is 3.66. The topological polar surface area (TPSA) is 49.2 Å². The first kappa shape index (κ1) is 16.9. The Morgan fingerprint density at radius 1 is 1.17 bits per heavy atom. The standard InChI is InChI=1S/C20H27N3O/c1-13-7-8-17(19(24)10-13)20-15(3)14(2)18(21-22-20)11-16-6-5-9-23(4)12-16/h7-8,10,16,24H,5-6,9,11-12H2,1-4H3. The number of benzene rings is 1. The Balaban J connectivity index is 1.88. The molecule has 3 rings (SSSR count). The van der Waals surface area contributed by atoms with Crippen LogP contribution in [0.15, 0.2) is 18.2 Å². The lowest BCUT2D eigenvalue weighted by Crippen LogP contribution is -2.33. The number of hydrogen-bond donors (Lipinski definition) is 1. The molecule has 128 valence electrons. The molecule has 1 N–H and O–H groups in total. The zero-order valence-corrected chi connectivity index (χ0v) is 15.1. The third kappa shape index (κ3) is 3.44. The van der Waals surface area contributed by atoms with Crippen LogP contribution in [0.2, 0.25) is 0 Å². The SMILES string of the molecule is Cc1ccc(-c2nnc(CC3CCCN(C)C3)c(C)c2C)c(O)c1. The van der Waals surface area contributed by atoms with Gasteiger partial charge in [-0.3, -0.25) is 0 Å². The van der Waals surface area contributed by atoms with Gasteiger partial charge < -0.3 is 10.0 Å². The molecular weight excluding hydrogens is 298 g/mol. The maximum absolute atomic E-state index is 10.2. The summed E-state index contributed by atoms with van der Waals surface area (Å²) in [6.07, 6.45) is 3.52. The van der Waals surface area contributed by atoms with E-state index in [1.807, 2.05) is 19.1 Å². The second kappa shape index (κ2) is 6.89. The van der Waals surface area contributed by atoms with Gasteiger partial charge in [-0.25, -0.2) is 0 Å². The van der Waals surface area contributed by atoms with Gasteiger partial charge in [-0.2, -0.15) is 5.10 Å². The molecule has 2 aromatic rings. The number of hydrogen-bond acceptors (Lipinski definition) is 4. The van der Waals surface area contributed by atoms with Gasteiger partial charge in [-0.15, -0.1) is 5.10 Å². The lowest BCUT2D eigenvalue weighted by Gasteiger charge is -2.29. The van der Waals surface area contributed by atoms with Crippen molar-refractivity contribution < 1.29 is 5.11 Å². The van der Waals surface area contributed by atoms with Crippen LogP contribution >= 0.6 is 0 Å². The number of piperidine rings is 1. The number of aromatic nitrogens is 2. The van der Waals surface area contributed by atoms with Crippen LogP contribution in [-0.4, -0.2) is 40.3 Å². The Morgan fingerprint density at radius 2 is 1.96 bits per heavy atom. The van der Waals surface area contributed by atoms with E-state index in [1.165, 1.54) is 24.9 Å². The van der Waals surface area contributed by atoms with Crippen LogP contribution < -0.4 is 0 Å². The third-order valence-electron chi connectivity index (χ3n) is 5.23. The summed E-state index contributed by atoms with van der Waals surface area (Å²) in [4.78, 5) is 2.41. The second-order valence-electron chi connectivity index (χ2n) is 7.24. The fraction of sp³-hybridized carbons (Fsp3) is 0.500. The van der Waals surface area contributed by atoms with Crippen LogP contribution in [0, 0.1) is 26.7 Å². The number of nitrogens with zero attached hydrogens (tertiary/aromatic N) is 3. The van der Waals surface area contributed by atoms with Crippen molar-refractivity contribution in [2.45, 2.75) is 40.0 Å². The van der Waals surface area contributed by atoms with E-state index in [0.29, 0.717) is 5.92 Å². The lowest BCUT2D eigenvalue weighted by atomic mass is 9.91. The predicted octanol–water partition coefficient (Wildman–Crippen LogP) is 3.66. The van der Waals surface area contributed by atoms with E-state index in [4.69, 9.17) is 0 Å². The van der Waals surface area contributed by atoms with Crippen LogP contribution in [0.4, 0.5) is 0 Å². The largest absolute Gasteiger partial charge is 0.507 e. The van der Waals surface area contributed by atoms with Gasteiger partial charge in [-0.05, 0) is 88.4 Å². The Kier molecular flexibility index (Phi) is 4.86. The average molecular weight is 325 g/mol. The van der Waals surface area contributed by atoms with Crippen molar-refractivity contribution in [3.05, 3.63) is 40.6 Å². The fourth-order valence-electron chi connectivity index (χ4n) is 3.66. The number of phenolic OH excluding ortho intramolecular Hbond substituents is 1. The summed E-state index contributed by atoms with van der Waals surface area (Å²) < 4.78 is 0. The second-order valence-corrected chi connectivity index (χ2v) is 7.24. The zero-order valence-electron chi connectivity index (χ0n) is 15.1. The number of aromatic hydroxyl groups is 1. The van der Waals surface area contributed by atoms with E-state index in [1.54, 1.807) is 6.07 Å². The molecule has 1 aromatic heterocycles. The molecular formula is C20H27N3O. The molecule has 1 unspecified atom stereocenters. The predicted molar refractivity (Wildman–Crippen MR) is 97.3 cm³/mol. The van der Waals surface area contributed by atoms with Crippen molar-refractivity contribution >= 4 is 0 Å². The molecule has 0 radical (unpaired) electrons. The Hall–Kier alpha value is -1.94. The normalized spacial score (nSPS) is 18.8. The summed E-state index contributed by atoms with van der Waals surface area (Å²) in [6, 6.07) is 5.70. The van der Waals surface area contributed by atoms with Crippen LogP contribution in [0.1, 0.15) is 35.2 Å². The van der Waals surface area contributed by atoms with Gasteiger partial charge in [0.15, 0.2) is 0 Å². The highest BCUT2D eigenvalue weighted by molar-refractivity contribution is 5.70. The van der Waals surface area contributed by atoms with Gasteiger partial charge in [0, 0.05) is 12.1 Å². The highest BCUT2D eigenvalue weighted by Gasteiger charge is 2.21. The number of rotatable bonds is 3. The van der Waals surface area contributed by atoms with Gasteiger partial charge in [-0.1, -0.05) is 6.07 Å². The summed E-state index contributed by atoms with van der Waals surface area (Å²) in [7, 11) is 2.19. The number of aryl methyl sites for hydroxylation is 1. The maximum Gasteiger partial charge on any atom is 0.125 e. The maximum atomic E-state index is 10.2. The van der Waals surface area contributed by atoms with Crippen LogP contribution in [0.3, 0.4) is 0 Å². The zero-order chi connectivity index (χ0) is 17.3. The van der Waals surface area contributed by atoms with Crippen molar-refractivity contribution in [1.29, 1.82) is 0 Å². The molecule has 1 fully saturated rings. The minimum absolute atomic E-state index is 0.272. The molecule has 0 spiro atoms. The molecule has 1 aliphatic heterocycles. The average Bonchev–Trinajstić information content (AvgIpc) is 2.53. The Labute approximate surface area is 144 Å². The monoisotopic (exact) mass is 325 g/mol. The van der Waals surface area contributed by atoms with E-state index < -0.39 is 0 Å². The summed E-state index contributed by atoms with van der Waals surface area (Å²) >= 11 is 0. The smallest absolute Gasteiger partial charge is 0.125 e. The summed E-state index contributed by atoms with van der Waals surface area (Å²) in [6.45, 7) is 8.51. The highest BCUT2D eigenvalue weighted by atomic mass is 16.3. The number of phenols is 1. The van der Waals surface area contributed by atoms with E-state index >= 15 is 0 Å². The molecule has 1 aromatic carbocycles. The van der Waals surface area contributed by atoms with Crippen molar-refractivity contribution in [3.8, 4) is 17.0 Å². The minimum Gasteiger partial charge on any atom is -0.507 e. The quantitative estimate of drug-likeness (QED) is 0.935. The number of likely N-dealkylation sites (tertiary alicyclic amines) is 1. The first-order valence-corrected chi connectivity index (χ1v) is 8.77. The Morgan fingerprint density at radius 3 is 2.67 bits per heavy atom. The van der Waals surface area contributed by atoms with Crippen LogP contribution in [-0.2, 0) is 6.42 Å². The summed E-state index contributed by atoms with van der Waals surface area (Å²) in [5.41, 5.74) is 6.00. The molecule has 1 atom stereocenters. The summed E-state index contributed by atoms with van der Waals surface area (Å²) in [5, 5.41) is 19.2. The molecule has 0 aliphatic carbocycles. The highest BCUT2D eigenvalue weighted by Crippen LogP contribution is 2.32. The van der Waals surface area contributed by atoms with Gasteiger partial charge in [0.1, 0.15) is 5.75 Å². The van der Waals surface area contributed by atoms with E-state index in [0.717, 1.165) is 41.0 Å². The van der Waals surface area contributed by atoms with Crippen LogP contribution in [0.25, 0.3) is 11.3 Å². The van der Waals surface area contributed by atoms with Crippen molar-refractivity contribution in [2.75, 3.05) is 20.1 Å². The lowest BCUT2D eigenvalue weighted by molar-refractivity contribution is 0.208. The minimum atomic E-state index is 0.272. The van der Waals surface area contributed by atoms with Crippen molar-refractivity contribution in [1.82, 2.24) is 15.1 Å². The summed E-state index contributed by atoms with van der Waals surface area (Å²) in [5.74, 6) is 0.934. The molecule has 0 saturated carbocycles. The van der Waals surface area contributed by atoms with Crippen LogP contribution in [0.5, 0.6) is 5.75 Å².